The van der Waals surface area contributed by atoms with Crippen LogP contribution in [-0.4, -0.2) is 55.5 Å². The Labute approximate surface area is 172 Å². The highest BCUT2D eigenvalue weighted by atomic mass is 16.4. The minimum Gasteiger partial charge on any atom is -0.481 e. The lowest BCUT2D eigenvalue weighted by Gasteiger charge is -2.22. The second-order valence-electron chi connectivity index (χ2n) is 6.82. The normalized spacial score (nSPS) is 14.9. The number of carboxylic acid groups (broad SMARTS) is 3. The summed E-state index contributed by atoms with van der Waals surface area (Å²) in [6, 6.07) is -3.78. The predicted octanol–water partition coefficient (Wildman–Crippen LogP) is 0.639. The third-order valence-electron chi connectivity index (χ3n) is 4.46. The van der Waals surface area contributed by atoms with Crippen molar-refractivity contribution in [1.82, 2.24) is 20.8 Å². The molecule has 4 atom stereocenters. The molecule has 0 saturated carbocycles. The number of carbonyl (C=O) groups excluding carboxylic acids is 1. The van der Waals surface area contributed by atoms with E-state index >= 15 is 0 Å². The summed E-state index contributed by atoms with van der Waals surface area (Å²) in [7, 11) is 0. The van der Waals surface area contributed by atoms with Crippen LogP contribution in [-0.2, 0) is 14.4 Å². The third kappa shape index (κ3) is 8.03. The highest BCUT2D eigenvalue weighted by Crippen LogP contribution is 2.25. The summed E-state index contributed by atoms with van der Waals surface area (Å²) < 4.78 is 5.52. The maximum Gasteiger partial charge on any atom is 0.326 e. The summed E-state index contributed by atoms with van der Waals surface area (Å²) in [6.07, 6.45) is -0.193. The molecule has 0 aliphatic heterocycles. The second-order valence-corrected chi connectivity index (χ2v) is 6.82. The van der Waals surface area contributed by atoms with E-state index in [1.54, 1.807) is 6.92 Å². The first-order chi connectivity index (χ1) is 14.0. The largest absolute Gasteiger partial charge is 0.481 e. The van der Waals surface area contributed by atoms with Crippen molar-refractivity contribution in [2.45, 2.75) is 64.1 Å². The van der Waals surface area contributed by atoms with Crippen molar-refractivity contribution >= 4 is 23.9 Å². The summed E-state index contributed by atoms with van der Waals surface area (Å²) in [5.74, 6) is -3.68. The first kappa shape index (κ1) is 24.8. The molecule has 0 aromatic carbocycles. The van der Waals surface area contributed by atoms with Crippen LogP contribution in [0.25, 0.3) is 0 Å². The van der Waals surface area contributed by atoms with Gasteiger partial charge in [-0.15, -0.1) is 10.2 Å². The fraction of sp³-hybridized carbons (Fsp3) is 0.647. The van der Waals surface area contributed by atoms with E-state index in [0.29, 0.717) is 6.42 Å². The average Bonchev–Trinajstić information content (AvgIpc) is 3.16. The molecule has 1 aromatic heterocycles. The Morgan fingerprint density at radius 3 is 2.10 bits per heavy atom. The van der Waals surface area contributed by atoms with Gasteiger partial charge in [0.15, 0.2) is 0 Å². The molecule has 0 radical (unpaired) electrons. The summed E-state index contributed by atoms with van der Waals surface area (Å²) in [5, 5.41) is 39.1. The number of aliphatic carboxylic acids is 3. The minimum atomic E-state index is -1.39. The number of aromatic nitrogens is 2. The number of rotatable bonds is 13. The molecule has 2 amide bonds. The molecule has 0 spiro atoms. The van der Waals surface area contributed by atoms with E-state index < -0.39 is 48.5 Å². The number of hydrogen-bond donors (Lipinski definition) is 6. The SMILES string of the molecule is CC[C@H](C)C(NC(=O)N[C@@H](CCC(=O)O)C(=O)O)c1nnc([C@@H](N)CCC(=O)O)o1. The average molecular weight is 429 g/mol. The Balaban J connectivity index is 2.87. The topological polar surface area (TPSA) is 218 Å². The number of urea groups is 1. The van der Waals surface area contributed by atoms with Crippen LogP contribution < -0.4 is 16.4 Å². The van der Waals surface area contributed by atoms with E-state index in [1.807, 2.05) is 6.92 Å². The maximum atomic E-state index is 12.3. The van der Waals surface area contributed by atoms with Crippen molar-refractivity contribution in [2.24, 2.45) is 11.7 Å². The molecule has 0 saturated heterocycles. The minimum absolute atomic E-state index is 0.0200. The van der Waals surface area contributed by atoms with Gasteiger partial charge in [0.2, 0.25) is 11.8 Å². The van der Waals surface area contributed by atoms with E-state index in [0.717, 1.165) is 0 Å². The van der Waals surface area contributed by atoms with Crippen LogP contribution >= 0.6 is 0 Å². The molecule has 13 heteroatoms. The second kappa shape index (κ2) is 11.7. The molecule has 0 fully saturated rings. The van der Waals surface area contributed by atoms with Gasteiger partial charge in [-0.05, 0) is 18.8 Å². The van der Waals surface area contributed by atoms with Crippen LogP contribution in [0, 0.1) is 5.92 Å². The molecular weight excluding hydrogens is 402 g/mol. The molecule has 168 valence electrons. The van der Waals surface area contributed by atoms with Crippen LogP contribution in [0.1, 0.15) is 69.8 Å². The Morgan fingerprint density at radius 2 is 1.57 bits per heavy atom. The number of hydrogen-bond acceptors (Lipinski definition) is 8. The van der Waals surface area contributed by atoms with Crippen LogP contribution in [0.5, 0.6) is 0 Å². The number of nitrogens with one attached hydrogen (secondary N) is 2. The van der Waals surface area contributed by atoms with E-state index in [9.17, 15) is 19.2 Å². The highest BCUT2D eigenvalue weighted by molar-refractivity contribution is 5.83. The quantitative estimate of drug-likeness (QED) is 0.255. The van der Waals surface area contributed by atoms with Crippen molar-refractivity contribution < 1.29 is 38.9 Å². The first-order valence-corrected chi connectivity index (χ1v) is 9.37. The van der Waals surface area contributed by atoms with Gasteiger partial charge < -0.3 is 36.1 Å². The van der Waals surface area contributed by atoms with E-state index in [-0.39, 0.29) is 37.0 Å². The lowest BCUT2D eigenvalue weighted by molar-refractivity contribution is -0.141. The lowest BCUT2D eigenvalue weighted by atomic mass is 9.99. The number of nitrogens with two attached hydrogens (primary N) is 1. The molecule has 7 N–H and O–H groups in total. The monoisotopic (exact) mass is 429 g/mol. The molecule has 30 heavy (non-hydrogen) atoms. The fourth-order valence-electron chi connectivity index (χ4n) is 2.47. The Bertz CT molecular complexity index is 752. The Kier molecular flexibility index (Phi) is 9.68. The zero-order valence-electron chi connectivity index (χ0n) is 16.7. The van der Waals surface area contributed by atoms with Crippen molar-refractivity contribution in [3.63, 3.8) is 0 Å². The molecule has 1 unspecified atom stereocenters. The predicted molar refractivity (Wildman–Crippen MR) is 100 cm³/mol. The number of amides is 2. The smallest absolute Gasteiger partial charge is 0.326 e. The molecule has 1 rings (SSSR count). The van der Waals surface area contributed by atoms with E-state index in [2.05, 4.69) is 20.8 Å². The van der Waals surface area contributed by atoms with Gasteiger partial charge in [-0.3, -0.25) is 9.59 Å². The van der Waals surface area contributed by atoms with Crippen LogP contribution in [0.2, 0.25) is 0 Å². The van der Waals surface area contributed by atoms with Gasteiger partial charge in [0.05, 0.1) is 6.04 Å². The molecule has 0 bridgehead atoms. The highest BCUT2D eigenvalue weighted by Gasteiger charge is 2.29. The summed E-state index contributed by atoms with van der Waals surface area (Å²) in [4.78, 5) is 44.9. The fourth-order valence-corrected chi connectivity index (χ4v) is 2.47. The van der Waals surface area contributed by atoms with Gasteiger partial charge in [0, 0.05) is 12.8 Å². The maximum absolute atomic E-state index is 12.3. The van der Waals surface area contributed by atoms with Crippen molar-refractivity contribution in [3.05, 3.63) is 11.8 Å². The Morgan fingerprint density at radius 1 is 1.00 bits per heavy atom. The first-order valence-electron chi connectivity index (χ1n) is 9.37. The molecule has 0 aliphatic carbocycles. The van der Waals surface area contributed by atoms with Gasteiger partial charge in [-0.1, -0.05) is 20.3 Å². The number of carboxylic acids is 3. The van der Waals surface area contributed by atoms with Crippen molar-refractivity contribution in [3.8, 4) is 0 Å². The molecular formula is C17H27N5O8. The molecule has 1 aromatic rings. The van der Waals surface area contributed by atoms with E-state index in [4.69, 9.17) is 25.5 Å². The van der Waals surface area contributed by atoms with Crippen LogP contribution in [0.3, 0.4) is 0 Å². The van der Waals surface area contributed by atoms with Crippen molar-refractivity contribution in [2.75, 3.05) is 0 Å². The summed E-state index contributed by atoms with van der Waals surface area (Å²) in [5.41, 5.74) is 5.85. The van der Waals surface area contributed by atoms with Gasteiger partial charge >= 0.3 is 23.9 Å². The van der Waals surface area contributed by atoms with Crippen LogP contribution in [0.4, 0.5) is 4.79 Å². The zero-order valence-corrected chi connectivity index (χ0v) is 16.7. The number of nitrogens with zero attached hydrogens (tertiary/aromatic N) is 2. The summed E-state index contributed by atoms with van der Waals surface area (Å²) >= 11 is 0. The summed E-state index contributed by atoms with van der Waals surface area (Å²) in [6.45, 7) is 3.67. The van der Waals surface area contributed by atoms with Gasteiger partial charge in [-0.25, -0.2) is 9.59 Å². The lowest BCUT2D eigenvalue weighted by Crippen LogP contribution is -2.48. The Hall–Kier alpha value is -3.22. The van der Waals surface area contributed by atoms with Gasteiger partial charge in [0.25, 0.3) is 0 Å². The van der Waals surface area contributed by atoms with Crippen LogP contribution in [0.15, 0.2) is 4.42 Å². The van der Waals surface area contributed by atoms with Gasteiger partial charge in [0.1, 0.15) is 12.1 Å². The number of carbonyl (C=O) groups is 4. The van der Waals surface area contributed by atoms with E-state index in [1.165, 1.54) is 0 Å². The zero-order chi connectivity index (χ0) is 22.8. The molecule has 1 heterocycles. The third-order valence-corrected chi connectivity index (χ3v) is 4.46. The van der Waals surface area contributed by atoms with Crippen molar-refractivity contribution in [1.29, 1.82) is 0 Å². The molecule has 13 nitrogen and oxygen atoms in total. The van der Waals surface area contributed by atoms with Gasteiger partial charge in [-0.2, -0.15) is 0 Å². The standard InChI is InChI=1S/C17H27N5O8/c1-3-8(2)13(15-22-21-14(30-15)9(18)4-6-11(23)24)20-17(29)19-10(16(27)28)5-7-12(25)26/h8-10,13H,3-7,18H2,1-2H3,(H,23,24)(H,25,26)(H,27,28)(H2,19,20,29)/t8-,9-,10-,13?/m0/s1. The molecule has 0 aliphatic rings.